The van der Waals surface area contributed by atoms with Crippen molar-refractivity contribution in [2.24, 2.45) is 15.9 Å². The lowest BCUT2D eigenvalue weighted by atomic mass is 10.2. The normalized spacial score (nSPS) is 11.7. The average Bonchev–Trinajstić information content (AvgIpc) is 2.60. The molecule has 156 valence electrons. The van der Waals surface area contributed by atoms with Gasteiger partial charge in [-0.2, -0.15) is 17.9 Å². The predicted octanol–water partition coefficient (Wildman–Crippen LogP) is 1.74. The van der Waals surface area contributed by atoms with Crippen molar-refractivity contribution in [2.75, 3.05) is 0 Å². The maximum absolute atomic E-state index is 13.2. The number of nitro benzene ring substituents is 1. The number of nitrogens with zero attached hydrogens (tertiary/aromatic N) is 3. The van der Waals surface area contributed by atoms with Crippen molar-refractivity contribution >= 4 is 28.0 Å². The topological polar surface area (TPSA) is 181 Å². The summed E-state index contributed by atoms with van der Waals surface area (Å²) in [5, 5.41) is 25.2. The Bertz CT molecular complexity index is 1040. The monoisotopic (exact) mass is 431 g/mol. The van der Waals surface area contributed by atoms with Crippen LogP contribution in [0.3, 0.4) is 0 Å². The van der Waals surface area contributed by atoms with Gasteiger partial charge in [-0.05, 0) is 25.1 Å². The fourth-order valence-electron chi connectivity index (χ4n) is 1.76. The van der Waals surface area contributed by atoms with E-state index in [1.54, 1.807) is 12.1 Å². The SMILES string of the molecule is Cc1ccc(S(=O)(=O)O)cc1.NC(=NN=Cc1cc(F)cc(F)c1[N+](=O)[O-])NO. The summed E-state index contributed by atoms with van der Waals surface area (Å²) < 4.78 is 55.6. The summed E-state index contributed by atoms with van der Waals surface area (Å²) >= 11 is 0. The Hall–Kier alpha value is -3.49. The Kier molecular flexibility index (Phi) is 8.25. The van der Waals surface area contributed by atoms with Gasteiger partial charge in [0.25, 0.3) is 10.1 Å². The molecule has 0 saturated carbocycles. The highest BCUT2D eigenvalue weighted by atomic mass is 32.2. The molecule has 0 spiro atoms. The summed E-state index contributed by atoms with van der Waals surface area (Å²) in [5.41, 5.74) is 6.02. The van der Waals surface area contributed by atoms with Crippen LogP contribution >= 0.6 is 0 Å². The van der Waals surface area contributed by atoms with Crippen LogP contribution in [0.1, 0.15) is 11.1 Å². The van der Waals surface area contributed by atoms with E-state index < -0.39 is 43.9 Å². The highest BCUT2D eigenvalue weighted by Crippen LogP contribution is 2.22. The third-order valence-corrected chi connectivity index (χ3v) is 3.90. The number of hydrogen-bond donors (Lipinski definition) is 4. The van der Waals surface area contributed by atoms with Crippen molar-refractivity contribution in [1.82, 2.24) is 5.48 Å². The van der Waals surface area contributed by atoms with Gasteiger partial charge in [-0.3, -0.25) is 19.9 Å². The zero-order valence-electron chi connectivity index (χ0n) is 14.7. The second-order valence-electron chi connectivity index (χ2n) is 5.21. The van der Waals surface area contributed by atoms with Crippen LogP contribution in [0.2, 0.25) is 0 Å². The number of halogens is 2. The third kappa shape index (κ3) is 7.57. The summed E-state index contributed by atoms with van der Waals surface area (Å²) in [6.07, 6.45) is 0.731. The number of hydrogen-bond acceptors (Lipinski definition) is 7. The van der Waals surface area contributed by atoms with Gasteiger partial charge in [-0.25, -0.2) is 9.87 Å². The minimum atomic E-state index is -4.02. The Morgan fingerprint density at radius 3 is 2.34 bits per heavy atom. The van der Waals surface area contributed by atoms with E-state index >= 15 is 0 Å². The molecule has 0 saturated heterocycles. The Morgan fingerprint density at radius 1 is 1.28 bits per heavy atom. The van der Waals surface area contributed by atoms with Crippen LogP contribution in [0.15, 0.2) is 51.5 Å². The largest absolute Gasteiger partial charge is 0.367 e. The van der Waals surface area contributed by atoms with Crippen LogP contribution in [0, 0.1) is 28.7 Å². The second kappa shape index (κ2) is 10.2. The van der Waals surface area contributed by atoms with Crippen LogP contribution in [0.4, 0.5) is 14.5 Å². The summed E-state index contributed by atoms with van der Waals surface area (Å²) in [5.74, 6) is -2.83. The molecule has 0 aliphatic rings. The zero-order chi connectivity index (χ0) is 22.2. The molecule has 0 heterocycles. The van der Waals surface area contributed by atoms with Gasteiger partial charge in [0.05, 0.1) is 21.6 Å². The van der Waals surface area contributed by atoms with Crippen LogP contribution in [0.25, 0.3) is 0 Å². The Labute approximate surface area is 163 Å². The van der Waals surface area contributed by atoms with Gasteiger partial charge < -0.3 is 5.73 Å². The first-order valence-electron chi connectivity index (χ1n) is 7.40. The molecule has 11 nitrogen and oxygen atoms in total. The highest BCUT2D eigenvalue weighted by Gasteiger charge is 2.20. The molecule has 2 aromatic rings. The van der Waals surface area contributed by atoms with Gasteiger partial charge in [0.1, 0.15) is 5.82 Å². The lowest BCUT2D eigenvalue weighted by molar-refractivity contribution is -0.387. The quantitative estimate of drug-likeness (QED) is 0.186. The molecule has 0 aliphatic heterocycles. The molecule has 0 atom stereocenters. The van der Waals surface area contributed by atoms with Crippen molar-refractivity contribution < 1.29 is 31.9 Å². The fourth-order valence-corrected chi connectivity index (χ4v) is 2.24. The smallest absolute Gasteiger partial charge is 0.313 e. The fraction of sp³-hybridized carbons (Fsp3) is 0.0667. The molecule has 14 heteroatoms. The number of rotatable bonds is 4. The van der Waals surface area contributed by atoms with Crippen molar-refractivity contribution in [3.8, 4) is 0 Å². The lowest BCUT2D eigenvalue weighted by Crippen LogP contribution is -2.27. The summed E-state index contributed by atoms with van der Waals surface area (Å²) in [6.45, 7) is 1.84. The van der Waals surface area contributed by atoms with Crippen LogP contribution in [-0.2, 0) is 10.1 Å². The zero-order valence-corrected chi connectivity index (χ0v) is 15.5. The van der Waals surface area contributed by atoms with Crippen molar-refractivity contribution in [3.63, 3.8) is 0 Å². The van der Waals surface area contributed by atoms with Crippen LogP contribution in [-0.4, -0.2) is 35.3 Å². The maximum atomic E-state index is 13.2. The molecule has 2 rings (SSSR count). The first kappa shape index (κ1) is 23.5. The van der Waals surface area contributed by atoms with E-state index in [2.05, 4.69) is 10.2 Å². The van der Waals surface area contributed by atoms with Gasteiger partial charge in [0.2, 0.25) is 11.8 Å². The molecule has 0 bridgehead atoms. The maximum Gasteiger partial charge on any atom is 0.313 e. The van der Waals surface area contributed by atoms with E-state index in [0.717, 1.165) is 11.8 Å². The highest BCUT2D eigenvalue weighted by molar-refractivity contribution is 7.85. The standard InChI is InChI=1S/C8H7F2N5O3.C7H8O3S/c9-5-1-4(3-12-13-8(11)14-16)7(15(17)18)6(10)2-5;1-6-2-4-7(5-3-6)11(8,9)10/h1-3,16H,(H3,11,13,14);2-5H,1H3,(H,8,9,10). The first-order chi connectivity index (χ1) is 13.5. The molecule has 0 unspecified atom stereocenters. The summed E-state index contributed by atoms with van der Waals surface area (Å²) in [6, 6.07) is 7.08. The average molecular weight is 431 g/mol. The number of nitrogens with one attached hydrogen (secondary N) is 1. The second-order valence-corrected chi connectivity index (χ2v) is 6.63. The van der Waals surface area contributed by atoms with E-state index in [9.17, 15) is 27.3 Å². The van der Waals surface area contributed by atoms with Gasteiger partial charge in [0.15, 0.2) is 0 Å². The van der Waals surface area contributed by atoms with Gasteiger partial charge in [-0.1, -0.05) is 17.7 Å². The third-order valence-electron chi connectivity index (χ3n) is 3.04. The minimum Gasteiger partial charge on any atom is -0.367 e. The molecule has 0 amide bonds. The van der Waals surface area contributed by atoms with E-state index in [1.807, 2.05) is 6.92 Å². The number of nitrogens with two attached hydrogens (primary N) is 1. The molecule has 29 heavy (non-hydrogen) atoms. The summed E-state index contributed by atoms with van der Waals surface area (Å²) in [4.78, 5) is 9.49. The number of nitro groups is 1. The first-order valence-corrected chi connectivity index (χ1v) is 8.84. The van der Waals surface area contributed by atoms with Crippen LogP contribution < -0.4 is 11.2 Å². The van der Waals surface area contributed by atoms with Crippen molar-refractivity contribution in [1.29, 1.82) is 0 Å². The Morgan fingerprint density at radius 2 is 1.86 bits per heavy atom. The number of hydroxylamine groups is 1. The van der Waals surface area contributed by atoms with Gasteiger partial charge in [0, 0.05) is 6.07 Å². The predicted molar refractivity (Wildman–Crippen MR) is 98.1 cm³/mol. The molecule has 2 aromatic carbocycles. The summed E-state index contributed by atoms with van der Waals surface area (Å²) in [7, 11) is -4.02. The molecule has 0 radical (unpaired) electrons. The van der Waals surface area contributed by atoms with E-state index in [1.165, 1.54) is 17.6 Å². The lowest BCUT2D eigenvalue weighted by Gasteiger charge is -1.98. The number of benzene rings is 2. The molecule has 0 aromatic heterocycles. The molecule has 0 aliphatic carbocycles. The molecular weight excluding hydrogens is 416 g/mol. The molecular formula is C15H15F2N5O6S. The van der Waals surface area contributed by atoms with E-state index in [4.69, 9.17) is 15.5 Å². The number of aryl methyl sites for hydroxylation is 1. The number of guanidine groups is 1. The van der Waals surface area contributed by atoms with Gasteiger partial charge >= 0.3 is 5.69 Å². The van der Waals surface area contributed by atoms with Crippen molar-refractivity contribution in [3.05, 3.63) is 69.3 Å². The van der Waals surface area contributed by atoms with Crippen LogP contribution in [0.5, 0.6) is 0 Å². The van der Waals surface area contributed by atoms with E-state index in [0.29, 0.717) is 12.1 Å². The molecule has 5 N–H and O–H groups in total. The van der Waals surface area contributed by atoms with Gasteiger partial charge in [-0.15, -0.1) is 5.10 Å². The van der Waals surface area contributed by atoms with E-state index in [-0.39, 0.29) is 4.90 Å². The van der Waals surface area contributed by atoms with Crippen molar-refractivity contribution in [2.45, 2.75) is 11.8 Å². The Balaban J connectivity index is 0.000000326. The minimum absolute atomic E-state index is 0.0666. The molecule has 0 fully saturated rings.